The van der Waals surface area contributed by atoms with Crippen molar-refractivity contribution >= 4 is 28.5 Å². The topological polar surface area (TPSA) is 86.8 Å². The predicted molar refractivity (Wildman–Crippen MR) is 126 cm³/mol. The Morgan fingerprint density at radius 2 is 1.66 bits per heavy atom. The Labute approximate surface area is 199 Å². The van der Waals surface area contributed by atoms with E-state index in [9.17, 15) is 18.4 Å². The summed E-state index contributed by atoms with van der Waals surface area (Å²) < 4.78 is 43.5. The minimum absolute atomic E-state index is 0.257. The summed E-state index contributed by atoms with van der Waals surface area (Å²) in [5.74, 6) is -2.49. The van der Waals surface area contributed by atoms with Crippen LogP contribution in [0.4, 0.5) is 14.5 Å². The van der Waals surface area contributed by atoms with Gasteiger partial charge in [0.2, 0.25) is 0 Å². The Bertz CT molecular complexity index is 1390. The molecule has 178 valence electrons. The first-order valence-corrected chi connectivity index (χ1v) is 10.4. The third kappa shape index (κ3) is 5.19. The number of esters is 1. The number of aromatic nitrogens is 1. The second-order valence-corrected chi connectivity index (χ2v) is 7.38. The van der Waals surface area contributed by atoms with Gasteiger partial charge in [0.15, 0.2) is 6.61 Å². The van der Waals surface area contributed by atoms with E-state index < -0.39 is 29.1 Å². The second-order valence-electron chi connectivity index (χ2n) is 7.38. The van der Waals surface area contributed by atoms with Crippen molar-refractivity contribution in [2.75, 3.05) is 26.1 Å². The van der Waals surface area contributed by atoms with Crippen molar-refractivity contribution in [2.24, 2.45) is 0 Å². The van der Waals surface area contributed by atoms with Crippen molar-refractivity contribution in [3.05, 3.63) is 83.9 Å². The maximum Gasteiger partial charge on any atom is 0.343 e. The lowest BCUT2D eigenvalue weighted by Crippen LogP contribution is -2.16. The number of ether oxygens (including phenoxy) is 3. The average Bonchev–Trinajstić information content (AvgIpc) is 2.87. The van der Waals surface area contributed by atoms with Crippen molar-refractivity contribution in [1.29, 1.82) is 0 Å². The van der Waals surface area contributed by atoms with E-state index in [-0.39, 0.29) is 12.3 Å². The molecule has 0 aliphatic heterocycles. The van der Waals surface area contributed by atoms with E-state index in [0.717, 1.165) is 17.7 Å². The number of amides is 1. The smallest absolute Gasteiger partial charge is 0.343 e. The molecular weight excluding hydrogens is 458 g/mol. The van der Waals surface area contributed by atoms with Crippen molar-refractivity contribution in [3.63, 3.8) is 0 Å². The fraction of sp³-hybridized carbons (Fsp3) is 0.115. The van der Waals surface area contributed by atoms with Crippen LogP contribution in [0.5, 0.6) is 11.5 Å². The number of benzene rings is 3. The van der Waals surface area contributed by atoms with Crippen LogP contribution in [0.3, 0.4) is 0 Å². The highest BCUT2D eigenvalue weighted by atomic mass is 19.1. The number of carbonyl (C=O) groups is 2. The molecule has 0 spiro atoms. The Hall–Kier alpha value is -4.53. The quantitative estimate of drug-likeness (QED) is 0.377. The van der Waals surface area contributed by atoms with Crippen LogP contribution < -0.4 is 14.8 Å². The zero-order valence-corrected chi connectivity index (χ0v) is 18.8. The molecule has 0 bridgehead atoms. The van der Waals surface area contributed by atoms with Crippen molar-refractivity contribution in [1.82, 2.24) is 4.98 Å². The normalized spacial score (nSPS) is 10.6. The van der Waals surface area contributed by atoms with Crippen molar-refractivity contribution < 1.29 is 32.6 Å². The summed E-state index contributed by atoms with van der Waals surface area (Å²) >= 11 is 0. The van der Waals surface area contributed by atoms with E-state index in [1.807, 2.05) is 12.1 Å². The summed E-state index contributed by atoms with van der Waals surface area (Å²) in [5.41, 5.74) is 1.43. The molecule has 0 saturated carbocycles. The Kier molecular flexibility index (Phi) is 6.86. The number of nitrogens with zero attached hydrogens (tertiary/aromatic N) is 1. The number of halogens is 2. The van der Waals surface area contributed by atoms with Gasteiger partial charge >= 0.3 is 5.97 Å². The van der Waals surface area contributed by atoms with Gasteiger partial charge < -0.3 is 19.5 Å². The number of nitrogens with one attached hydrogen (secondary N) is 1. The molecule has 4 aromatic rings. The molecule has 4 rings (SSSR count). The van der Waals surface area contributed by atoms with Crippen LogP contribution in [0.1, 0.15) is 10.4 Å². The third-order valence-electron chi connectivity index (χ3n) is 5.18. The zero-order valence-electron chi connectivity index (χ0n) is 18.8. The number of hydrogen-bond acceptors (Lipinski definition) is 6. The Morgan fingerprint density at radius 1 is 0.943 bits per heavy atom. The van der Waals surface area contributed by atoms with Gasteiger partial charge in [-0.15, -0.1) is 0 Å². The lowest BCUT2D eigenvalue weighted by atomic mass is 10.1. The van der Waals surface area contributed by atoms with Crippen LogP contribution in [0.2, 0.25) is 0 Å². The minimum Gasteiger partial charge on any atom is -0.497 e. The molecule has 1 aromatic heterocycles. The van der Waals surface area contributed by atoms with E-state index in [2.05, 4.69) is 15.0 Å². The van der Waals surface area contributed by atoms with Crippen LogP contribution in [-0.2, 0) is 9.53 Å². The van der Waals surface area contributed by atoms with Crippen LogP contribution >= 0.6 is 0 Å². The van der Waals surface area contributed by atoms with E-state index in [4.69, 9.17) is 9.47 Å². The van der Waals surface area contributed by atoms with Crippen LogP contribution in [-0.4, -0.2) is 37.7 Å². The van der Waals surface area contributed by atoms with Crippen molar-refractivity contribution in [2.45, 2.75) is 0 Å². The van der Waals surface area contributed by atoms with Crippen LogP contribution in [0.25, 0.3) is 22.2 Å². The van der Waals surface area contributed by atoms with E-state index in [0.29, 0.717) is 28.1 Å². The molecular formula is C26H20F2N2O5. The first-order chi connectivity index (χ1) is 16.9. The highest BCUT2D eigenvalue weighted by molar-refractivity contribution is 6.05. The Balaban J connectivity index is 1.73. The minimum atomic E-state index is -0.976. The van der Waals surface area contributed by atoms with E-state index in [1.54, 1.807) is 43.5 Å². The summed E-state index contributed by atoms with van der Waals surface area (Å²) in [6.07, 6.45) is 0. The van der Waals surface area contributed by atoms with Gasteiger partial charge in [-0.1, -0.05) is 6.07 Å². The number of carbonyl (C=O) groups excluding carboxylic acids is 2. The lowest BCUT2D eigenvalue weighted by molar-refractivity contribution is -0.142. The van der Waals surface area contributed by atoms with Gasteiger partial charge in [0, 0.05) is 22.7 Å². The molecule has 0 unspecified atom stereocenters. The SMILES string of the molecule is COC(=O)COc1cc(-c2ccc(OC)cc2)nc2ccc(NC(=O)c3c(F)cccc3F)cc12. The highest BCUT2D eigenvalue weighted by Gasteiger charge is 2.18. The number of methoxy groups -OCH3 is 2. The average molecular weight is 478 g/mol. The van der Waals surface area contributed by atoms with Gasteiger partial charge in [0.05, 0.1) is 25.4 Å². The molecule has 0 saturated heterocycles. The van der Waals surface area contributed by atoms with Gasteiger partial charge in [0.1, 0.15) is 28.7 Å². The van der Waals surface area contributed by atoms with Gasteiger partial charge in [-0.2, -0.15) is 0 Å². The first-order valence-electron chi connectivity index (χ1n) is 10.4. The molecule has 1 N–H and O–H groups in total. The summed E-state index contributed by atoms with van der Waals surface area (Å²) in [4.78, 5) is 28.8. The second kappa shape index (κ2) is 10.2. The summed E-state index contributed by atoms with van der Waals surface area (Å²) in [6.45, 7) is -0.352. The largest absolute Gasteiger partial charge is 0.497 e. The maximum absolute atomic E-state index is 14.0. The summed E-state index contributed by atoms with van der Waals surface area (Å²) in [7, 11) is 2.81. The molecule has 9 heteroatoms. The molecule has 0 aliphatic rings. The number of hydrogen-bond donors (Lipinski definition) is 1. The van der Waals surface area contributed by atoms with Gasteiger partial charge in [-0.25, -0.2) is 18.6 Å². The number of fused-ring (bicyclic) bond motifs is 1. The molecule has 0 atom stereocenters. The monoisotopic (exact) mass is 478 g/mol. The molecule has 0 fully saturated rings. The fourth-order valence-corrected chi connectivity index (χ4v) is 3.41. The molecule has 0 aliphatic carbocycles. The van der Waals surface area contributed by atoms with Gasteiger partial charge in [-0.3, -0.25) is 4.79 Å². The lowest BCUT2D eigenvalue weighted by Gasteiger charge is -2.13. The Morgan fingerprint density at radius 3 is 2.31 bits per heavy atom. The van der Waals surface area contributed by atoms with Crippen LogP contribution in [0.15, 0.2) is 66.7 Å². The summed E-state index contributed by atoms with van der Waals surface area (Å²) in [6, 6.07) is 16.8. The zero-order chi connectivity index (χ0) is 24.9. The molecule has 7 nitrogen and oxygen atoms in total. The first kappa shape index (κ1) is 23.6. The van der Waals surface area contributed by atoms with E-state index in [1.165, 1.54) is 13.2 Å². The molecule has 35 heavy (non-hydrogen) atoms. The molecule has 0 radical (unpaired) electrons. The van der Waals surface area contributed by atoms with Gasteiger partial charge in [0.25, 0.3) is 5.91 Å². The highest BCUT2D eigenvalue weighted by Crippen LogP contribution is 2.33. The number of pyridine rings is 1. The third-order valence-corrected chi connectivity index (χ3v) is 5.18. The van der Waals surface area contributed by atoms with Crippen molar-refractivity contribution in [3.8, 4) is 22.8 Å². The summed E-state index contributed by atoms with van der Waals surface area (Å²) in [5, 5.41) is 2.96. The van der Waals surface area contributed by atoms with Crippen LogP contribution in [0, 0.1) is 11.6 Å². The number of anilines is 1. The molecule has 3 aromatic carbocycles. The molecule has 1 heterocycles. The fourth-order valence-electron chi connectivity index (χ4n) is 3.41. The maximum atomic E-state index is 14.0. The van der Waals surface area contributed by atoms with Gasteiger partial charge in [-0.05, 0) is 54.6 Å². The predicted octanol–water partition coefficient (Wildman–Crippen LogP) is 4.99. The number of rotatable bonds is 7. The van der Waals surface area contributed by atoms with E-state index >= 15 is 0 Å². The standard InChI is InChI=1S/C26H20F2N2O5/c1-33-17-9-6-15(7-10-17)22-13-23(35-14-24(31)34-2)18-12-16(8-11-21(18)30-22)29-26(32)25-19(27)4-3-5-20(25)28/h3-13H,14H2,1-2H3,(H,29,32). The molecule has 1 amide bonds.